The summed E-state index contributed by atoms with van der Waals surface area (Å²) in [6, 6.07) is 25.7. The fraction of sp³-hybridized carbons (Fsp3) is 0.468. The van der Waals surface area contributed by atoms with E-state index >= 15 is 0 Å². The van der Waals surface area contributed by atoms with Crippen LogP contribution in [-0.2, 0) is 35.1 Å². The highest BCUT2D eigenvalue weighted by molar-refractivity contribution is 6.12. The molecular weight excluding hydrogens is 738 g/mol. The molecule has 2 aliphatic rings. The number of ketones is 1. The topological polar surface area (TPSA) is 117 Å². The predicted molar refractivity (Wildman–Crippen MR) is 223 cm³/mol. The molecule has 310 valence electrons. The molecule has 0 radical (unpaired) electrons. The van der Waals surface area contributed by atoms with E-state index in [1.54, 1.807) is 19.1 Å². The summed E-state index contributed by atoms with van der Waals surface area (Å²) < 4.78 is 41.4. The van der Waals surface area contributed by atoms with Gasteiger partial charge in [-0.05, 0) is 101 Å². The summed E-state index contributed by atoms with van der Waals surface area (Å²) in [5, 5.41) is 6.18. The molecule has 4 aromatic rings. The van der Waals surface area contributed by atoms with Gasteiger partial charge in [0.15, 0.2) is 11.6 Å². The normalized spacial score (nSPS) is 21.4. The van der Waals surface area contributed by atoms with E-state index < -0.39 is 11.6 Å². The van der Waals surface area contributed by atoms with Crippen LogP contribution in [0.4, 0.5) is 10.1 Å². The van der Waals surface area contributed by atoms with Crippen LogP contribution < -0.4 is 10.6 Å². The first-order valence-electron chi connectivity index (χ1n) is 20.5. The number of benzene rings is 3. The summed E-state index contributed by atoms with van der Waals surface area (Å²) in [5.74, 6) is -2.43. The SMILES string of the molecule is CC(=O)CC1CC(CCNC(=O)CC2CC(CCn3c(-c4ccc(F)cc4)c(-c4ccccc4)c(C(=O)Nc4ccccc4)c3C(C)C)OC(C)(C)O2)OC(C)(C)O1. The van der Waals surface area contributed by atoms with Gasteiger partial charge in [0.25, 0.3) is 5.91 Å². The van der Waals surface area contributed by atoms with Gasteiger partial charge in [0, 0.05) is 49.3 Å². The number of rotatable bonds is 15. The molecule has 2 fully saturated rings. The minimum atomic E-state index is -0.936. The van der Waals surface area contributed by atoms with Crippen LogP contribution in [0.25, 0.3) is 22.4 Å². The summed E-state index contributed by atoms with van der Waals surface area (Å²) in [6.07, 6.45) is 1.75. The van der Waals surface area contributed by atoms with E-state index in [-0.39, 0.29) is 60.2 Å². The molecule has 0 aliphatic carbocycles. The molecule has 0 bridgehead atoms. The van der Waals surface area contributed by atoms with Crippen LogP contribution in [0.15, 0.2) is 84.9 Å². The molecule has 10 nitrogen and oxygen atoms in total. The number of hydrogen-bond donors (Lipinski definition) is 2. The number of hydrogen-bond acceptors (Lipinski definition) is 7. The Bertz CT molecular complexity index is 2030. The Kier molecular flexibility index (Phi) is 13.7. The van der Waals surface area contributed by atoms with Crippen LogP contribution >= 0.6 is 0 Å². The van der Waals surface area contributed by atoms with Gasteiger partial charge >= 0.3 is 0 Å². The number of para-hydroxylation sites is 1. The number of halogens is 1. The molecule has 4 atom stereocenters. The minimum Gasteiger partial charge on any atom is -0.356 e. The highest BCUT2D eigenvalue weighted by Gasteiger charge is 2.38. The number of Topliss-reactive ketones (excluding diaryl/α,β-unsaturated/α-hetero) is 1. The van der Waals surface area contributed by atoms with Gasteiger partial charge < -0.3 is 34.1 Å². The lowest BCUT2D eigenvalue weighted by molar-refractivity contribution is -0.300. The maximum atomic E-state index is 14.5. The Morgan fingerprint density at radius 1 is 0.741 bits per heavy atom. The van der Waals surface area contributed by atoms with Crippen LogP contribution in [0.2, 0.25) is 0 Å². The number of aromatic nitrogens is 1. The zero-order valence-corrected chi connectivity index (χ0v) is 34.8. The Morgan fingerprint density at radius 2 is 1.29 bits per heavy atom. The Morgan fingerprint density at radius 3 is 1.88 bits per heavy atom. The van der Waals surface area contributed by atoms with E-state index in [1.165, 1.54) is 12.1 Å². The van der Waals surface area contributed by atoms with Crippen molar-refractivity contribution >= 4 is 23.3 Å². The largest absolute Gasteiger partial charge is 0.356 e. The molecule has 6 rings (SSSR count). The van der Waals surface area contributed by atoms with Gasteiger partial charge in [-0.25, -0.2) is 4.39 Å². The van der Waals surface area contributed by atoms with Gasteiger partial charge in [-0.3, -0.25) is 14.4 Å². The quantitative estimate of drug-likeness (QED) is 0.123. The maximum Gasteiger partial charge on any atom is 0.258 e. The molecule has 3 heterocycles. The van der Waals surface area contributed by atoms with Crippen molar-refractivity contribution in [2.75, 3.05) is 11.9 Å². The summed E-state index contributed by atoms with van der Waals surface area (Å²) in [5.41, 5.74) is 5.36. The molecule has 11 heteroatoms. The standard InChI is InChI=1S/C47H58FN3O7/c1-30(2)43-42(45(54)50-35-16-12-9-13-17-35)41(32-14-10-8-11-15-32)44(33-18-20-34(48)21-19-33)51(43)25-23-37-28-39(58-47(6,7)56-37)29-40(53)49-24-22-36-27-38(26-31(3)52)57-46(4,5)55-36/h8-21,30,36-39H,22-29H2,1-7H3,(H,49,53)(H,50,54). The Hall–Kier alpha value is -4.68. The van der Waals surface area contributed by atoms with Crippen LogP contribution in [0.1, 0.15) is 109 Å². The second-order valence-electron chi connectivity index (χ2n) is 16.8. The lowest BCUT2D eigenvalue weighted by atomic mass is 9.94. The van der Waals surface area contributed by atoms with Crippen molar-refractivity contribution in [1.82, 2.24) is 9.88 Å². The number of anilines is 1. The summed E-state index contributed by atoms with van der Waals surface area (Å²) in [6.45, 7) is 14.1. The number of amides is 2. The molecule has 4 unspecified atom stereocenters. The van der Waals surface area contributed by atoms with E-state index in [4.69, 9.17) is 18.9 Å². The average molecular weight is 796 g/mol. The zero-order chi connectivity index (χ0) is 41.6. The molecule has 0 spiro atoms. The first-order valence-corrected chi connectivity index (χ1v) is 20.5. The summed E-state index contributed by atoms with van der Waals surface area (Å²) in [4.78, 5) is 39.5. The number of ether oxygens (including phenoxy) is 4. The first kappa shape index (κ1) is 42.9. The summed E-state index contributed by atoms with van der Waals surface area (Å²) in [7, 11) is 0. The van der Waals surface area contributed by atoms with Crippen molar-refractivity contribution in [2.24, 2.45) is 0 Å². The van der Waals surface area contributed by atoms with E-state index in [1.807, 2.05) is 88.4 Å². The highest BCUT2D eigenvalue weighted by Crippen LogP contribution is 2.43. The van der Waals surface area contributed by atoms with Crippen LogP contribution in [0.5, 0.6) is 0 Å². The van der Waals surface area contributed by atoms with E-state index in [9.17, 15) is 18.8 Å². The monoisotopic (exact) mass is 795 g/mol. The number of carbonyl (C=O) groups is 3. The van der Waals surface area contributed by atoms with Gasteiger partial charge in [-0.15, -0.1) is 0 Å². The van der Waals surface area contributed by atoms with Crippen molar-refractivity contribution in [2.45, 2.75) is 135 Å². The third-order valence-corrected chi connectivity index (χ3v) is 10.5. The van der Waals surface area contributed by atoms with Gasteiger partial charge in [0.2, 0.25) is 5.91 Å². The van der Waals surface area contributed by atoms with Gasteiger partial charge in [0.1, 0.15) is 11.6 Å². The molecule has 2 saturated heterocycles. The van der Waals surface area contributed by atoms with Crippen LogP contribution in [-0.4, -0.2) is 64.7 Å². The van der Waals surface area contributed by atoms with Crippen molar-refractivity contribution in [3.8, 4) is 22.4 Å². The van der Waals surface area contributed by atoms with Crippen molar-refractivity contribution in [3.05, 3.63) is 102 Å². The average Bonchev–Trinajstić information content (AvgIpc) is 3.49. The molecule has 3 aromatic carbocycles. The summed E-state index contributed by atoms with van der Waals surface area (Å²) >= 11 is 0. The molecule has 2 aliphatic heterocycles. The number of nitrogens with zero attached hydrogens (tertiary/aromatic N) is 1. The molecule has 2 N–H and O–H groups in total. The second-order valence-corrected chi connectivity index (χ2v) is 16.8. The predicted octanol–water partition coefficient (Wildman–Crippen LogP) is 9.42. The zero-order valence-electron chi connectivity index (χ0n) is 34.8. The first-order chi connectivity index (χ1) is 27.6. The Balaban J connectivity index is 1.23. The van der Waals surface area contributed by atoms with E-state index in [2.05, 4.69) is 29.0 Å². The van der Waals surface area contributed by atoms with Crippen LogP contribution in [0, 0.1) is 5.82 Å². The lowest BCUT2D eigenvalue weighted by Crippen LogP contribution is -2.47. The third-order valence-electron chi connectivity index (χ3n) is 10.5. The van der Waals surface area contributed by atoms with Crippen molar-refractivity contribution in [3.63, 3.8) is 0 Å². The maximum absolute atomic E-state index is 14.5. The van der Waals surface area contributed by atoms with Gasteiger partial charge in [-0.1, -0.05) is 62.4 Å². The molecule has 0 saturated carbocycles. The van der Waals surface area contributed by atoms with Crippen molar-refractivity contribution < 1.29 is 37.7 Å². The van der Waals surface area contributed by atoms with Gasteiger partial charge in [0.05, 0.1) is 42.1 Å². The molecule has 58 heavy (non-hydrogen) atoms. The molecule has 1 aromatic heterocycles. The van der Waals surface area contributed by atoms with Crippen LogP contribution in [0.3, 0.4) is 0 Å². The Labute approximate surface area is 341 Å². The fourth-order valence-corrected chi connectivity index (χ4v) is 8.50. The smallest absolute Gasteiger partial charge is 0.258 e. The van der Waals surface area contributed by atoms with Gasteiger partial charge in [-0.2, -0.15) is 0 Å². The second kappa shape index (κ2) is 18.5. The van der Waals surface area contributed by atoms with E-state index in [0.29, 0.717) is 56.4 Å². The van der Waals surface area contributed by atoms with Crippen molar-refractivity contribution in [1.29, 1.82) is 0 Å². The minimum absolute atomic E-state index is 0.0608. The lowest BCUT2D eigenvalue weighted by Gasteiger charge is -2.41. The molecular formula is C47H58FN3O7. The third kappa shape index (κ3) is 11.1. The fourth-order valence-electron chi connectivity index (χ4n) is 8.50. The number of nitrogens with one attached hydrogen (secondary N) is 2. The van der Waals surface area contributed by atoms with E-state index in [0.717, 1.165) is 28.1 Å². The molecule has 2 amide bonds. The highest BCUT2D eigenvalue weighted by atomic mass is 19.1. The number of carbonyl (C=O) groups excluding carboxylic acids is 3.